The van der Waals surface area contributed by atoms with Crippen molar-refractivity contribution in [3.63, 3.8) is 0 Å². The van der Waals surface area contributed by atoms with E-state index in [1.54, 1.807) is 24.8 Å². The van der Waals surface area contributed by atoms with Crippen LogP contribution in [0, 0.1) is 0 Å². The average Bonchev–Trinajstić information content (AvgIpc) is 3.03. The fraction of sp³-hybridized carbons (Fsp3) is 0.0882. The van der Waals surface area contributed by atoms with E-state index in [1.807, 2.05) is 78.9 Å². The minimum atomic E-state index is -4.70. The number of ether oxygens (including phenoxy) is 1. The van der Waals surface area contributed by atoms with Crippen molar-refractivity contribution in [2.24, 2.45) is 0 Å². The van der Waals surface area contributed by atoms with E-state index in [9.17, 15) is 18.0 Å². The third kappa shape index (κ3) is 7.69. The van der Waals surface area contributed by atoms with Crippen molar-refractivity contribution in [3.8, 4) is 28.0 Å². The van der Waals surface area contributed by atoms with Gasteiger partial charge in [-0.15, -0.1) is 11.8 Å². The zero-order chi connectivity index (χ0) is 30.2. The summed E-state index contributed by atoms with van der Waals surface area (Å²) < 4.78 is 46.0. The zero-order valence-electron chi connectivity index (χ0n) is 22.7. The number of thioether (sulfide) groups is 1. The number of carbonyl (C=O) groups is 1. The molecule has 0 aliphatic rings. The SMILES string of the molecule is O=C(O)COc1ccc(SCC=C(c2ccc(-c3cccnc3)cc2)c2ccc(-c3cccnc3)cc2)cc1C(F)(F)F. The Bertz CT molecular complexity index is 1620. The van der Waals surface area contributed by atoms with Crippen molar-refractivity contribution < 1.29 is 27.8 Å². The monoisotopic (exact) mass is 598 g/mol. The number of carboxylic acid groups (broad SMARTS) is 1. The number of aliphatic carboxylic acids is 1. The van der Waals surface area contributed by atoms with Crippen LogP contribution >= 0.6 is 11.8 Å². The molecule has 0 bridgehead atoms. The van der Waals surface area contributed by atoms with Gasteiger partial charge in [-0.1, -0.05) is 66.7 Å². The summed E-state index contributed by atoms with van der Waals surface area (Å²) in [6.45, 7) is -0.860. The number of halogens is 3. The van der Waals surface area contributed by atoms with Gasteiger partial charge in [0.2, 0.25) is 0 Å². The maximum Gasteiger partial charge on any atom is 0.420 e. The highest BCUT2D eigenvalue weighted by Gasteiger charge is 2.35. The Morgan fingerprint density at radius 1 is 0.791 bits per heavy atom. The Labute approximate surface area is 250 Å². The largest absolute Gasteiger partial charge is 0.481 e. The predicted octanol–water partition coefficient (Wildman–Crippen LogP) is 8.52. The molecule has 0 atom stereocenters. The standard InChI is InChI=1S/C34H25F3N2O3S/c35-34(36,37)31-19-29(13-14-32(31)42-22-33(40)41)43-18-15-30(25-9-5-23(6-10-25)27-3-1-16-38-20-27)26-11-7-24(8-12-26)28-4-2-17-39-21-28/h1-17,19-21H,18,22H2,(H,40,41). The average molecular weight is 599 g/mol. The highest BCUT2D eigenvalue weighted by atomic mass is 32.2. The first kappa shape index (κ1) is 29.6. The summed E-state index contributed by atoms with van der Waals surface area (Å²) in [5.74, 6) is -1.49. The highest BCUT2D eigenvalue weighted by molar-refractivity contribution is 7.99. The van der Waals surface area contributed by atoms with Crippen LogP contribution in [0.15, 0.2) is 127 Å². The molecular weight excluding hydrogens is 573 g/mol. The van der Waals surface area contributed by atoms with Gasteiger partial charge < -0.3 is 9.84 Å². The van der Waals surface area contributed by atoms with Gasteiger partial charge in [0.1, 0.15) is 5.75 Å². The summed E-state index contributed by atoms with van der Waals surface area (Å²) in [4.78, 5) is 19.6. The second-order valence-electron chi connectivity index (χ2n) is 9.41. The van der Waals surface area contributed by atoms with Gasteiger partial charge in [-0.05, 0) is 69.3 Å². The fourth-order valence-electron chi connectivity index (χ4n) is 4.46. The fourth-order valence-corrected chi connectivity index (χ4v) is 5.27. The van der Waals surface area contributed by atoms with Gasteiger partial charge in [0.25, 0.3) is 0 Å². The number of hydrogen-bond donors (Lipinski definition) is 1. The van der Waals surface area contributed by atoms with E-state index in [1.165, 1.54) is 17.8 Å². The van der Waals surface area contributed by atoms with Crippen LogP contribution in [0.5, 0.6) is 5.75 Å². The molecule has 2 aromatic heterocycles. The number of carboxylic acids is 1. The van der Waals surface area contributed by atoms with Crippen LogP contribution in [0.25, 0.3) is 27.8 Å². The summed E-state index contributed by atoms with van der Waals surface area (Å²) in [7, 11) is 0. The summed E-state index contributed by atoms with van der Waals surface area (Å²) in [6, 6.07) is 27.5. The minimum absolute atomic E-state index is 0.379. The molecule has 0 fully saturated rings. The molecule has 0 unspecified atom stereocenters. The summed E-state index contributed by atoms with van der Waals surface area (Å²) in [5.41, 5.74) is 5.84. The molecular formula is C34H25F3N2O3S. The van der Waals surface area contributed by atoms with Crippen molar-refractivity contribution in [3.05, 3.63) is 139 Å². The molecule has 1 N–H and O–H groups in total. The Hall–Kier alpha value is -4.89. The van der Waals surface area contributed by atoms with E-state index in [0.29, 0.717) is 10.6 Å². The van der Waals surface area contributed by atoms with E-state index < -0.39 is 30.1 Å². The van der Waals surface area contributed by atoms with Crippen molar-refractivity contribution in [1.29, 1.82) is 0 Å². The van der Waals surface area contributed by atoms with E-state index >= 15 is 0 Å². The second kappa shape index (κ2) is 13.4. The van der Waals surface area contributed by atoms with Gasteiger partial charge >= 0.3 is 12.1 Å². The lowest BCUT2D eigenvalue weighted by Crippen LogP contribution is -2.14. The van der Waals surface area contributed by atoms with Crippen LogP contribution in [0.4, 0.5) is 13.2 Å². The lowest BCUT2D eigenvalue weighted by atomic mass is 9.94. The number of aromatic nitrogens is 2. The first-order valence-corrected chi connectivity index (χ1v) is 14.2. The Morgan fingerprint density at radius 3 is 1.81 bits per heavy atom. The maximum atomic E-state index is 13.7. The quantitative estimate of drug-likeness (QED) is 0.163. The summed E-state index contributed by atoms with van der Waals surface area (Å²) >= 11 is 1.24. The molecule has 5 rings (SSSR count). The number of alkyl halides is 3. The van der Waals surface area contributed by atoms with Gasteiger partial charge in [0.15, 0.2) is 6.61 Å². The van der Waals surface area contributed by atoms with Crippen molar-refractivity contribution in [1.82, 2.24) is 9.97 Å². The number of pyridine rings is 2. The van der Waals surface area contributed by atoms with E-state index in [2.05, 4.69) is 9.97 Å². The van der Waals surface area contributed by atoms with E-state index in [-0.39, 0.29) is 0 Å². The molecule has 0 aliphatic heterocycles. The van der Waals surface area contributed by atoms with Crippen LogP contribution in [0.3, 0.4) is 0 Å². The van der Waals surface area contributed by atoms with Crippen LogP contribution in [-0.4, -0.2) is 33.4 Å². The highest BCUT2D eigenvalue weighted by Crippen LogP contribution is 2.39. The molecule has 43 heavy (non-hydrogen) atoms. The molecule has 5 nitrogen and oxygen atoms in total. The molecule has 0 saturated heterocycles. The smallest absolute Gasteiger partial charge is 0.420 e. The molecule has 0 spiro atoms. The van der Waals surface area contributed by atoms with Gasteiger partial charge in [-0.2, -0.15) is 13.2 Å². The van der Waals surface area contributed by atoms with Crippen molar-refractivity contribution in [2.75, 3.05) is 12.4 Å². The normalized spacial score (nSPS) is 11.1. The molecule has 5 aromatic rings. The first-order valence-electron chi connectivity index (χ1n) is 13.2. The molecule has 3 aromatic carbocycles. The molecule has 9 heteroatoms. The molecule has 216 valence electrons. The molecule has 2 heterocycles. The zero-order valence-corrected chi connectivity index (χ0v) is 23.5. The lowest BCUT2D eigenvalue weighted by Gasteiger charge is -2.14. The molecule has 0 radical (unpaired) electrons. The lowest BCUT2D eigenvalue weighted by molar-refractivity contribution is -0.143. The topological polar surface area (TPSA) is 72.3 Å². The van der Waals surface area contributed by atoms with Crippen LogP contribution in [-0.2, 0) is 11.0 Å². The van der Waals surface area contributed by atoms with Gasteiger partial charge in [0, 0.05) is 35.4 Å². The minimum Gasteiger partial charge on any atom is -0.481 e. The number of nitrogens with zero attached hydrogens (tertiary/aromatic N) is 2. The van der Waals surface area contributed by atoms with Crippen LogP contribution in [0.1, 0.15) is 16.7 Å². The van der Waals surface area contributed by atoms with Crippen LogP contribution in [0.2, 0.25) is 0 Å². The van der Waals surface area contributed by atoms with E-state index in [4.69, 9.17) is 9.84 Å². The third-order valence-corrected chi connectivity index (χ3v) is 7.45. The third-order valence-electron chi connectivity index (χ3n) is 6.53. The summed E-state index contributed by atoms with van der Waals surface area (Å²) in [5, 5.41) is 8.80. The van der Waals surface area contributed by atoms with Crippen LogP contribution < -0.4 is 4.74 Å². The number of rotatable bonds is 10. The maximum absolute atomic E-state index is 13.7. The first-order chi connectivity index (χ1) is 20.8. The van der Waals surface area contributed by atoms with Gasteiger partial charge in [-0.25, -0.2) is 4.79 Å². The van der Waals surface area contributed by atoms with Gasteiger partial charge in [-0.3, -0.25) is 9.97 Å². The van der Waals surface area contributed by atoms with E-state index in [0.717, 1.165) is 51.1 Å². The Balaban J connectivity index is 1.43. The Kier molecular flexibility index (Phi) is 9.22. The molecule has 0 saturated carbocycles. The van der Waals surface area contributed by atoms with Crippen molar-refractivity contribution in [2.45, 2.75) is 11.1 Å². The predicted molar refractivity (Wildman–Crippen MR) is 162 cm³/mol. The Morgan fingerprint density at radius 2 is 1.35 bits per heavy atom. The molecule has 0 amide bonds. The second-order valence-corrected chi connectivity index (χ2v) is 10.5. The van der Waals surface area contributed by atoms with Gasteiger partial charge in [0.05, 0.1) is 5.56 Å². The summed E-state index contributed by atoms with van der Waals surface area (Å²) in [6.07, 6.45) is 4.33. The van der Waals surface area contributed by atoms with Crippen molar-refractivity contribution >= 4 is 23.3 Å². The number of benzene rings is 3. The number of hydrogen-bond acceptors (Lipinski definition) is 5. The molecule has 0 aliphatic carbocycles.